The predicted molar refractivity (Wildman–Crippen MR) is 64.1 cm³/mol. The molecule has 0 spiro atoms. The fourth-order valence-corrected chi connectivity index (χ4v) is 1.51. The van der Waals surface area contributed by atoms with E-state index in [4.69, 9.17) is 10.2 Å². The summed E-state index contributed by atoms with van der Waals surface area (Å²) in [6, 6.07) is 3.28. The highest BCUT2D eigenvalue weighted by atomic mass is 19.1. The monoisotopic (exact) mass is 285 g/mol. The molecule has 1 amide bonds. The van der Waals surface area contributed by atoms with Crippen LogP contribution in [0.2, 0.25) is 0 Å². The van der Waals surface area contributed by atoms with Gasteiger partial charge in [0.1, 0.15) is 13.1 Å². The largest absolute Gasteiger partial charge is 0.494 e. The maximum absolute atomic E-state index is 13.5. The topological polar surface area (TPSA) is 104 Å². The Balaban J connectivity index is 3.01. The number of amides is 1. The normalized spacial score (nSPS) is 9.90. The molecule has 0 bridgehead atoms. The second kappa shape index (κ2) is 6.50. The third-order valence-corrected chi connectivity index (χ3v) is 2.34. The number of hydrogen-bond acceptors (Lipinski definition) is 4. The van der Waals surface area contributed by atoms with Gasteiger partial charge in [0.25, 0.3) is 5.91 Å². The van der Waals surface area contributed by atoms with Gasteiger partial charge in [-0.3, -0.25) is 14.4 Å². The van der Waals surface area contributed by atoms with Gasteiger partial charge in [0.2, 0.25) is 0 Å². The van der Waals surface area contributed by atoms with Crippen LogP contribution >= 0.6 is 0 Å². The van der Waals surface area contributed by atoms with Gasteiger partial charge in [0, 0.05) is 5.56 Å². The van der Waals surface area contributed by atoms with Crippen molar-refractivity contribution in [1.29, 1.82) is 0 Å². The lowest BCUT2D eigenvalue weighted by Crippen LogP contribution is -2.39. The molecule has 0 aliphatic rings. The Morgan fingerprint density at radius 3 is 2.15 bits per heavy atom. The second-order valence-electron chi connectivity index (χ2n) is 3.80. The maximum atomic E-state index is 13.5. The Morgan fingerprint density at radius 1 is 1.20 bits per heavy atom. The van der Waals surface area contributed by atoms with E-state index >= 15 is 0 Å². The van der Waals surface area contributed by atoms with E-state index < -0.39 is 36.8 Å². The van der Waals surface area contributed by atoms with E-state index in [0.717, 1.165) is 6.07 Å². The standard InChI is InChI=1S/C12H12FNO6/c1-20-9-3-2-7(4-8(9)13)12(19)14(5-10(15)16)6-11(17)18/h2-4H,5-6H2,1H3,(H,15,16)(H,17,18). The molecule has 0 atom stereocenters. The molecule has 0 aromatic heterocycles. The van der Waals surface area contributed by atoms with E-state index in [0.29, 0.717) is 4.90 Å². The Hall–Kier alpha value is -2.64. The molecule has 1 aromatic rings. The number of carbonyl (C=O) groups excluding carboxylic acids is 1. The lowest BCUT2D eigenvalue weighted by atomic mass is 10.2. The molecule has 20 heavy (non-hydrogen) atoms. The van der Waals surface area contributed by atoms with E-state index in [9.17, 15) is 18.8 Å². The summed E-state index contributed by atoms with van der Waals surface area (Å²) in [6.45, 7) is -1.59. The molecule has 0 saturated carbocycles. The van der Waals surface area contributed by atoms with E-state index in [-0.39, 0.29) is 11.3 Å². The van der Waals surface area contributed by atoms with Gasteiger partial charge in [-0.05, 0) is 18.2 Å². The average Bonchev–Trinajstić information content (AvgIpc) is 2.35. The Labute approximate surface area is 113 Å². The molecule has 108 valence electrons. The van der Waals surface area contributed by atoms with Crippen molar-refractivity contribution < 1.29 is 33.7 Å². The Morgan fingerprint density at radius 2 is 1.75 bits per heavy atom. The first-order chi connectivity index (χ1) is 9.35. The van der Waals surface area contributed by atoms with Gasteiger partial charge in [-0.25, -0.2) is 4.39 Å². The number of carbonyl (C=O) groups is 3. The molecular formula is C12H12FNO6. The number of methoxy groups -OCH3 is 1. The van der Waals surface area contributed by atoms with Crippen LogP contribution in [0.25, 0.3) is 0 Å². The summed E-state index contributed by atoms with van der Waals surface area (Å²) >= 11 is 0. The molecule has 0 radical (unpaired) electrons. The van der Waals surface area contributed by atoms with Crippen molar-refractivity contribution in [3.63, 3.8) is 0 Å². The minimum absolute atomic E-state index is 0.0791. The van der Waals surface area contributed by atoms with Crippen LogP contribution in [0.4, 0.5) is 4.39 Å². The summed E-state index contributed by atoms with van der Waals surface area (Å²) in [5, 5.41) is 17.3. The third kappa shape index (κ3) is 3.94. The van der Waals surface area contributed by atoms with Crippen molar-refractivity contribution in [3.05, 3.63) is 29.6 Å². The highest BCUT2D eigenvalue weighted by Gasteiger charge is 2.22. The first-order valence-electron chi connectivity index (χ1n) is 5.41. The van der Waals surface area contributed by atoms with Crippen LogP contribution in [-0.4, -0.2) is 53.2 Å². The quantitative estimate of drug-likeness (QED) is 0.786. The molecule has 7 nitrogen and oxygen atoms in total. The van der Waals surface area contributed by atoms with E-state index in [1.807, 2.05) is 0 Å². The Bertz CT molecular complexity index is 529. The van der Waals surface area contributed by atoms with E-state index in [1.54, 1.807) is 0 Å². The summed E-state index contributed by atoms with van der Waals surface area (Å²) in [5.41, 5.74) is -0.161. The lowest BCUT2D eigenvalue weighted by Gasteiger charge is -2.18. The zero-order valence-corrected chi connectivity index (χ0v) is 10.5. The number of hydrogen-bond donors (Lipinski definition) is 2. The highest BCUT2D eigenvalue weighted by molar-refractivity contribution is 5.97. The van der Waals surface area contributed by atoms with E-state index in [2.05, 4.69) is 4.74 Å². The molecule has 0 saturated heterocycles. The van der Waals surface area contributed by atoms with Crippen molar-refractivity contribution in [2.45, 2.75) is 0 Å². The molecule has 8 heteroatoms. The summed E-state index contributed by atoms with van der Waals surface area (Å²) in [6.07, 6.45) is 0. The minimum Gasteiger partial charge on any atom is -0.494 e. The average molecular weight is 285 g/mol. The molecule has 0 heterocycles. The molecule has 0 fully saturated rings. The number of rotatable bonds is 6. The first-order valence-corrected chi connectivity index (χ1v) is 5.41. The molecule has 1 aromatic carbocycles. The van der Waals surface area contributed by atoms with Crippen molar-refractivity contribution in [1.82, 2.24) is 4.90 Å². The minimum atomic E-state index is -1.37. The molecule has 0 unspecified atom stereocenters. The van der Waals surface area contributed by atoms with Gasteiger partial charge in [-0.2, -0.15) is 0 Å². The molecule has 1 rings (SSSR count). The molecule has 2 N–H and O–H groups in total. The molecular weight excluding hydrogens is 273 g/mol. The van der Waals surface area contributed by atoms with Gasteiger partial charge in [-0.1, -0.05) is 0 Å². The van der Waals surface area contributed by atoms with Crippen LogP contribution in [0.3, 0.4) is 0 Å². The van der Waals surface area contributed by atoms with Gasteiger partial charge in [0.15, 0.2) is 11.6 Å². The van der Waals surface area contributed by atoms with Crippen LogP contribution in [-0.2, 0) is 9.59 Å². The highest BCUT2D eigenvalue weighted by Crippen LogP contribution is 2.18. The number of aliphatic carboxylic acids is 2. The van der Waals surface area contributed by atoms with E-state index in [1.165, 1.54) is 19.2 Å². The van der Waals surface area contributed by atoms with Crippen molar-refractivity contribution in [2.75, 3.05) is 20.2 Å². The van der Waals surface area contributed by atoms with Crippen molar-refractivity contribution >= 4 is 17.8 Å². The van der Waals surface area contributed by atoms with Gasteiger partial charge in [0.05, 0.1) is 7.11 Å². The first kappa shape index (κ1) is 15.4. The fourth-order valence-electron chi connectivity index (χ4n) is 1.51. The number of carboxylic acids is 2. The van der Waals surface area contributed by atoms with Gasteiger partial charge >= 0.3 is 11.9 Å². The smallest absolute Gasteiger partial charge is 0.323 e. The van der Waals surface area contributed by atoms with Gasteiger partial charge in [-0.15, -0.1) is 0 Å². The lowest BCUT2D eigenvalue weighted by molar-refractivity contribution is -0.140. The number of carboxylic acid groups (broad SMARTS) is 2. The Kier molecular flexibility index (Phi) is 5.01. The number of benzene rings is 1. The third-order valence-electron chi connectivity index (χ3n) is 2.34. The molecule has 0 aliphatic carbocycles. The van der Waals surface area contributed by atoms with Gasteiger partial charge < -0.3 is 19.8 Å². The summed E-state index contributed by atoms with van der Waals surface area (Å²) in [7, 11) is 1.25. The van der Waals surface area contributed by atoms with Crippen LogP contribution in [0.15, 0.2) is 18.2 Å². The van der Waals surface area contributed by atoms with Crippen LogP contribution in [0, 0.1) is 5.82 Å². The predicted octanol–water partition coefficient (Wildman–Crippen LogP) is 0.446. The fraction of sp³-hybridized carbons (Fsp3) is 0.250. The second-order valence-corrected chi connectivity index (χ2v) is 3.80. The van der Waals surface area contributed by atoms with Crippen LogP contribution in [0.1, 0.15) is 10.4 Å². The number of nitrogens with zero attached hydrogens (tertiary/aromatic N) is 1. The zero-order valence-electron chi connectivity index (χ0n) is 10.5. The summed E-state index contributed by atoms with van der Waals surface area (Å²) in [4.78, 5) is 33.8. The van der Waals surface area contributed by atoms with Crippen LogP contribution < -0.4 is 4.74 Å². The maximum Gasteiger partial charge on any atom is 0.323 e. The van der Waals surface area contributed by atoms with Crippen LogP contribution in [0.5, 0.6) is 5.75 Å². The summed E-state index contributed by atoms with van der Waals surface area (Å²) in [5.74, 6) is -4.51. The SMILES string of the molecule is COc1ccc(C(=O)N(CC(=O)O)CC(=O)O)cc1F. The summed E-state index contributed by atoms with van der Waals surface area (Å²) < 4.78 is 18.2. The number of ether oxygens (including phenoxy) is 1. The van der Waals surface area contributed by atoms with Crippen molar-refractivity contribution in [3.8, 4) is 5.75 Å². The zero-order chi connectivity index (χ0) is 15.3. The van der Waals surface area contributed by atoms with Crippen molar-refractivity contribution in [2.24, 2.45) is 0 Å². The molecule has 0 aliphatic heterocycles. The number of halogens is 1.